The molecule has 4 aromatic rings. The van der Waals surface area contributed by atoms with Crippen LogP contribution in [0.15, 0.2) is 78.7 Å². The van der Waals surface area contributed by atoms with Crippen molar-refractivity contribution in [3.8, 4) is 17.2 Å². The number of hydrogen-bond acceptors (Lipinski definition) is 7. The van der Waals surface area contributed by atoms with E-state index < -0.39 is 6.29 Å². The van der Waals surface area contributed by atoms with Crippen LogP contribution in [0, 0.1) is 0 Å². The van der Waals surface area contributed by atoms with Gasteiger partial charge < -0.3 is 39.1 Å². The molecule has 0 fully saturated rings. The summed E-state index contributed by atoms with van der Waals surface area (Å²) in [5.41, 5.74) is 4.87. The monoisotopic (exact) mass is 556 g/mol. The number of amides is 1. The maximum Gasteiger partial charge on any atom is 0.286 e. The number of aromatic amines is 1. The van der Waals surface area contributed by atoms with Crippen LogP contribution < -0.4 is 19.5 Å². The Labute approximate surface area is 237 Å². The van der Waals surface area contributed by atoms with Gasteiger partial charge >= 0.3 is 0 Å². The third-order valence-electron chi connectivity index (χ3n) is 7.40. The van der Waals surface area contributed by atoms with Crippen LogP contribution in [0.4, 0.5) is 0 Å². The van der Waals surface area contributed by atoms with Crippen LogP contribution in [0.5, 0.6) is 17.2 Å². The van der Waals surface area contributed by atoms with E-state index in [2.05, 4.69) is 10.3 Å². The smallest absolute Gasteiger partial charge is 0.286 e. The van der Waals surface area contributed by atoms with E-state index in [9.17, 15) is 9.90 Å². The number of hydrogen-bond donors (Lipinski definition) is 3. The van der Waals surface area contributed by atoms with Gasteiger partial charge in [-0.25, -0.2) is 0 Å². The molecule has 41 heavy (non-hydrogen) atoms. The third kappa shape index (κ3) is 6.01. The van der Waals surface area contributed by atoms with Gasteiger partial charge in [0.1, 0.15) is 5.75 Å². The zero-order valence-electron chi connectivity index (χ0n) is 22.7. The van der Waals surface area contributed by atoms with Crippen molar-refractivity contribution in [2.75, 3.05) is 20.4 Å². The van der Waals surface area contributed by atoms with Crippen molar-refractivity contribution < 1.29 is 33.6 Å². The topological polar surface area (TPSA) is 111 Å². The second-order valence-corrected chi connectivity index (χ2v) is 10.1. The number of carbonyl (C=O) groups is 1. The minimum absolute atomic E-state index is 0.0121. The number of aliphatic hydroxyl groups excluding tert-OH is 1. The highest BCUT2D eigenvalue weighted by atomic mass is 16.7. The molecule has 212 valence electrons. The molecule has 3 N–H and O–H groups in total. The van der Waals surface area contributed by atoms with Crippen molar-refractivity contribution in [2.45, 2.75) is 38.3 Å². The molecular weight excluding hydrogens is 524 g/mol. The van der Waals surface area contributed by atoms with Gasteiger partial charge in [0, 0.05) is 36.0 Å². The zero-order chi connectivity index (χ0) is 28.2. The Morgan fingerprint density at radius 1 is 1.05 bits per heavy atom. The van der Waals surface area contributed by atoms with Crippen molar-refractivity contribution in [3.05, 3.63) is 101 Å². The maximum absolute atomic E-state index is 13.3. The standard InChI is InChI=1S/C32H32N2O7/c1-37-25-7-8-27-26(15-25)23(16-34-27)10-11-33-32(36)30-13-24(22-6-9-28-29(12-22)40-19-39-28)14-31(41-30)38-18-21-4-2-20(17-35)3-5-21/h2-9,12-13,15-16,24,31,34-35H,10-11,14,17-19H2,1H3,(H,33,36)/t24-,31+/m1/s1. The number of aromatic nitrogens is 1. The van der Waals surface area contributed by atoms with Crippen molar-refractivity contribution >= 4 is 16.8 Å². The number of aliphatic hydroxyl groups is 1. The molecule has 0 saturated heterocycles. The first-order valence-electron chi connectivity index (χ1n) is 13.6. The number of nitrogens with one attached hydrogen (secondary N) is 2. The first kappa shape index (κ1) is 26.7. The molecule has 9 heteroatoms. The van der Waals surface area contributed by atoms with Gasteiger partial charge in [-0.1, -0.05) is 30.3 Å². The summed E-state index contributed by atoms with van der Waals surface area (Å²) in [7, 11) is 1.65. The van der Waals surface area contributed by atoms with Gasteiger partial charge in [-0.05, 0) is 65.1 Å². The highest BCUT2D eigenvalue weighted by molar-refractivity contribution is 5.92. The number of allylic oxidation sites excluding steroid dienone is 1. The first-order chi connectivity index (χ1) is 20.1. The molecule has 6 rings (SSSR count). The summed E-state index contributed by atoms with van der Waals surface area (Å²) in [6.45, 7) is 0.923. The zero-order valence-corrected chi connectivity index (χ0v) is 22.7. The lowest BCUT2D eigenvalue weighted by Crippen LogP contribution is -2.33. The Bertz CT molecular complexity index is 1560. The normalized spacial score (nSPS) is 17.7. The summed E-state index contributed by atoms with van der Waals surface area (Å²) in [5, 5.41) is 13.4. The Balaban J connectivity index is 1.15. The van der Waals surface area contributed by atoms with Crippen LogP contribution in [-0.2, 0) is 33.9 Å². The summed E-state index contributed by atoms with van der Waals surface area (Å²) < 4.78 is 28.6. The fourth-order valence-electron chi connectivity index (χ4n) is 5.11. The SMILES string of the molecule is COc1ccc2[nH]cc(CCNC(=O)C3=C[C@@H](c4ccc5c(c4)OCO5)C[C@@H](OCc4ccc(CO)cc4)O3)c2c1. The number of carbonyl (C=O) groups excluding carboxylic acids is 1. The van der Waals surface area contributed by atoms with Crippen molar-refractivity contribution in [3.63, 3.8) is 0 Å². The Kier molecular flexibility index (Phi) is 7.80. The molecule has 3 heterocycles. The predicted octanol–water partition coefficient (Wildman–Crippen LogP) is 4.69. The van der Waals surface area contributed by atoms with E-state index in [-0.39, 0.29) is 31.0 Å². The van der Waals surface area contributed by atoms with Crippen LogP contribution in [0.2, 0.25) is 0 Å². The molecule has 2 atom stereocenters. The second kappa shape index (κ2) is 12.0. The largest absolute Gasteiger partial charge is 0.497 e. The van der Waals surface area contributed by atoms with E-state index in [0.29, 0.717) is 37.5 Å². The third-order valence-corrected chi connectivity index (χ3v) is 7.40. The lowest BCUT2D eigenvalue weighted by molar-refractivity contribution is -0.150. The molecule has 0 aliphatic carbocycles. The van der Waals surface area contributed by atoms with Crippen LogP contribution in [0.3, 0.4) is 0 Å². The summed E-state index contributed by atoms with van der Waals surface area (Å²) in [6, 6.07) is 19.2. The fourth-order valence-corrected chi connectivity index (χ4v) is 5.11. The number of rotatable bonds is 10. The van der Waals surface area contributed by atoms with E-state index in [4.69, 9.17) is 23.7 Å². The molecule has 2 aliphatic rings. The van der Waals surface area contributed by atoms with Crippen molar-refractivity contribution in [1.82, 2.24) is 10.3 Å². The Morgan fingerprint density at radius 3 is 2.71 bits per heavy atom. The van der Waals surface area contributed by atoms with Gasteiger partial charge in [-0.2, -0.15) is 0 Å². The quantitative estimate of drug-likeness (QED) is 0.260. The molecule has 0 saturated carbocycles. The van der Waals surface area contributed by atoms with Crippen molar-refractivity contribution in [2.24, 2.45) is 0 Å². The van der Waals surface area contributed by atoms with E-state index >= 15 is 0 Å². The predicted molar refractivity (Wildman–Crippen MR) is 152 cm³/mol. The molecule has 3 aromatic carbocycles. The highest BCUT2D eigenvalue weighted by Gasteiger charge is 2.30. The van der Waals surface area contributed by atoms with Crippen LogP contribution >= 0.6 is 0 Å². The van der Waals surface area contributed by atoms with Crippen LogP contribution in [0.25, 0.3) is 10.9 Å². The Hall–Kier alpha value is -4.47. The number of ether oxygens (including phenoxy) is 5. The molecule has 1 aromatic heterocycles. The Morgan fingerprint density at radius 2 is 1.88 bits per heavy atom. The molecule has 0 radical (unpaired) electrons. The molecule has 0 spiro atoms. The summed E-state index contributed by atoms with van der Waals surface area (Å²) in [6.07, 6.45) is 4.34. The summed E-state index contributed by atoms with van der Waals surface area (Å²) in [4.78, 5) is 16.6. The maximum atomic E-state index is 13.3. The lowest BCUT2D eigenvalue weighted by atomic mass is 9.92. The summed E-state index contributed by atoms with van der Waals surface area (Å²) >= 11 is 0. The number of benzene rings is 3. The van der Waals surface area contributed by atoms with E-state index in [1.807, 2.05) is 72.9 Å². The van der Waals surface area contributed by atoms with Crippen molar-refractivity contribution in [1.29, 1.82) is 0 Å². The lowest BCUT2D eigenvalue weighted by Gasteiger charge is -2.29. The number of H-pyrrole nitrogens is 1. The van der Waals surface area contributed by atoms with Gasteiger partial charge in [0.25, 0.3) is 5.91 Å². The first-order valence-corrected chi connectivity index (χ1v) is 13.6. The minimum Gasteiger partial charge on any atom is -0.497 e. The number of fused-ring (bicyclic) bond motifs is 2. The molecular formula is C32H32N2O7. The van der Waals surface area contributed by atoms with Gasteiger partial charge in [0.05, 0.1) is 20.3 Å². The van der Waals surface area contributed by atoms with Crippen LogP contribution in [0.1, 0.15) is 34.6 Å². The van der Waals surface area contributed by atoms with Gasteiger partial charge in [0.15, 0.2) is 17.3 Å². The number of methoxy groups -OCH3 is 1. The van der Waals surface area contributed by atoms with E-state index in [0.717, 1.165) is 38.9 Å². The highest BCUT2D eigenvalue weighted by Crippen LogP contribution is 2.38. The molecule has 0 unspecified atom stereocenters. The minimum atomic E-state index is -0.630. The molecule has 1 amide bonds. The average Bonchev–Trinajstić information content (AvgIpc) is 3.66. The van der Waals surface area contributed by atoms with Gasteiger partial charge in [0.2, 0.25) is 13.1 Å². The average molecular weight is 557 g/mol. The molecule has 2 aliphatic heterocycles. The fraction of sp³-hybridized carbons (Fsp3) is 0.281. The van der Waals surface area contributed by atoms with Gasteiger partial charge in [-0.3, -0.25) is 4.79 Å². The van der Waals surface area contributed by atoms with E-state index in [1.165, 1.54) is 0 Å². The van der Waals surface area contributed by atoms with Crippen LogP contribution in [-0.4, -0.2) is 42.7 Å². The van der Waals surface area contributed by atoms with Gasteiger partial charge in [-0.15, -0.1) is 0 Å². The summed E-state index contributed by atoms with van der Waals surface area (Å²) in [5.74, 6) is 1.98. The van der Waals surface area contributed by atoms with E-state index in [1.54, 1.807) is 7.11 Å². The second-order valence-electron chi connectivity index (χ2n) is 10.1. The molecule has 9 nitrogen and oxygen atoms in total. The molecule has 0 bridgehead atoms.